The van der Waals surface area contributed by atoms with Crippen molar-refractivity contribution in [1.82, 2.24) is 0 Å². The Kier molecular flexibility index (Phi) is 8.40. The molecule has 0 radical (unpaired) electrons. The molecule has 0 nitrogen and oxygen atoms in total. The smallest absolute Gasteiger partial charge is 0.0208 e. The van der Waals surface area contributed by atoms with Crippen molar-refractivity contribution < 1.29 is 0 Å². The summed E-state index contributed by atoms with van der Waals surface area (Å²) in [5.41, 5.74) is 0.412. The molecule has 0 saturated carbocycles. The Morgan fingerprint density at radius 3 is 1.69 bits per heavy atom. The molecule has 0 aliphatic heterocycles. The standard InChI is InChI=1S/C11H22.C2H6/c1-7-10(8-2)9(3)11(4,5)6;1-2/h7,9-10H,1,8H2,2-6H3;1-2H3. The monoisotopic (exact) mass is 184 g/mol. The topological polar surface area (TPSA) is 0 Å². The third-order valence-corrected chi connectivity index (χ3v) is 2.78. The molecule has 80 valence electrons. The molecule has 13 heavy (non-hydrogen) atoms. The number of hydrogen-bond donors (Lipinski definition) is 0. The molecule has 0 aromatic carbocycles. The summed E-state index contributed by atoms with van der Waals surface area (Å²) >= 11 is 0. The van der Waals surface area contributed by atoms with E-state index in [0.29, 0.717) is 11.3 Å². The first-order valence-electron chi connectivity index (χ1n) is 5.56. The molecule has 0 spiro atoms. The highest BCUT2D eigenvalue weighted by Crippen LogP contribution is 2.33. The van der Waals surface area contributed by atoms with Crippen molar-refractivity contribution in [1.29, 1.82) is 0 Å². The summed E-state index contributed by atoms with van der Waals surface area (Å²) in [6.45, 7) is 19.3. The Labute approximate surface area is 85.4 Å². The molecule has 0 heteroatoms. The first-order chi connectivity index (χ1) is 5.93. The highest BCUT2D eigenvalue weighted by atomic mass is 14.3. The number of hydrogen-bond acceptors (Lipinski definition) is 0. The molecule has 0 heterocycles. The van der Waals surface area contributed by atoms with Gasteiger partial charge in [-0.25, -0.2) is 0 Å². The van der Waals surface area contributed by atoms with E-state index in [9.17, 15) is 0 Å². The minimum absolute atomic E-state index is 0.412. The fraction of sp³-hybridized carbons (Fsp3) is 0.846. The minimum atomic E-state index is 0.412. The SMILES string of the molecule is C=CC(CC)C(C)C(C)(C)C.CC. The van der Waals surface area contributed by atoms with Crippen LogP contribution in [0.25, 0.3) is 0 Å². The van der Waals surface area contributed by atoms with Gasteiger partial charge in [0.05, 0.1) is 0 Å². The molecule has 0 amide bonds. The normalized spacial score (nSPS) is 15.3. The maximum atomic E-state index is 3.87. The maximum absolute atomic E-state index is 3.87. The van der Waals surface area contributed by atoms with Crippen molar-refractivity contribution in [3.63, 3.8) is 0 Å². The Morgan fingerprint density at radius 2 is 1.62 bits per heavy atom. The second-order valence-corrected chi connectivity index (χ2v) is 4.46. The van der Waals surface area contributed by atoms with Gasteiger partial charge in [-0.3, -0.25) is 0 Å². The largest absolute Gasteiger partial charge is 0.103 e. The van der Waals surface area contributed by atoms with Gasteiger partial charge in [0.25, 0.3) is 0 Å². The van der Waals surface area contributed by atoms with Crippen molar-refractivity contribution in [2.45, 2.75) is 54.9 Å². The molecular weight excluding hydrogens is 156 g/mol. The Morgan fingerprint density at radius 1 is 1.23 bits per heavy atom. The van der Waals surface area contributed by atoms with Crippen molar-refractivity contribution in [3.8, 4) is 0 Å². The molecule has 0 saturated heterocycles. The predicted octanol–water partition coefficient (Wildman–Crippen LogP) is 4.91. The highest BCUT2D eigenvalue weighted by molar-refractivity contribution is 4.86. The van der Waals surface area contributed by atoms with E-state index in [-0.39, 0.29) is 0 Å². The Balaban J connectivity index is 0. The molecule has 0 aromatic heterocycles. The zero-order valence-electron chi connectivity index (χ0n) is 10.6. The fourth-order valence-electron chi connectivity index (χ4n) is 1.37. The molecule has 0 N–H and O–H groups in total. The zero-order valence-corrected chi connectivity index (χ0v) is 10.6. The van der Waals surface area contributed by atoms with E-state index in [0.717, 1.165) is 5.92 Å². The van der Waals surface area contributed by atoms with Crippen LogP contribution in [0, 0.1) is 17.3 Å². The van der Waals surface area contributed by atoms with Crippen molar-refractivity contribution in [2.24, 2.45) is 17.3 Å². The van der Waals surface area contributed by atoms with Gasteiger partial charge in [-0.2, -0.15) is 0 Å². The van der Waals surface area contributed by atoms with Gasteiger partial charge in [0.15, 0.2) is 0 Å². The summed E-state index contributed by atoms with van der Waals surface area (Å²) in [6, 6.07) is 0. The van der Waals surface area contributed by atoms with Crippen LogP contribution in [-0.4, -0.2) is 0 Å². The summed E-state index contributed by atoms with van der Waals surface area (Å²) in [5.74, 6) is 1.40. The molecular formula is C13H28. The molecule has 0 aromatic rings. The van der Waals surface area contributed by atoms with E-state index in [1.54, 1.807) is 0 Å². The van der Waals surface area contributed by atoms with Crippen LogP contribution in [0.15, 0.2) is 12.7 Å². The van der Waals surface area contributed by atoms with E-state index in [1.807, 2.05) is 13.8 Å². The summed E-state index contributed by atoms with van der Waals surface area (Å²) in [7, 11) is 0. The lowest BCUT2D eigenvalue weighted by Crippen LogP contribution is -2.23. The number of rotatable bonds is 3. The Hall–Kier alpha value is -0.260. The van der Waals surface area contributed by atoms with Gasteiger partial charge in [0.1, 0.15) is 0 Å². The molecule has 0 rings (SSSR count). The van der Waals surface area contributed by atoms with E-state index in [2.05, 4.69) is 47.3 Å². The molecule has 0 aliphatic carbocycles. The summed E-state index contributed by atoms with van der Waals surface area (Å²) in [6.07, 6.45) is 3.30. The van der Waals surface area contributed by atoms with Gasteiger partial charge in [-0.1, -0.05) is 54.5 Å². The second-order valence-electron chi connectivity index (χ2n) is 4.46. The van der Waals surface area contributed by atoms with Gasteiger partial charge in [0.2, 0.25) is 0 Å². The van der Waals surface area contributed by atoms with Gasteiger partial charge in [-0.05, 0) is 23.7 Å². The fourth-order valence-corrected chi connectivity index (χ4v) is 1.37. The van der Waals surface area contributed by atoms with E-state index >= 15 is 0 Å². The number of allylic oxidation sites excluding steroid dienone is 1. The van der Waals surface area contributed by atoms with Crippen LogP contribution in [-0.2, 0) is 0 Å². The quantitative estimate of drug-likeness (QED) is 0.547. The lowest BCUT2D eigenvalue weighted by atomic mass is 9.73. The van der Waals surface area contributed by atoms with Crippen molar-refractivity contribution in [2.75, 3.05) is 0 Å². The summed E-state index contributed by atoms with van der Waals surface area (Å²) < 4.78 is 0. The van der Waals surface area contributed by atoms with Gasteiger partial charge >= 0.3 is 0 Å². The van der Waals surface area contributed by atoms with Crippen LogP contribution >= 0.6 is 0 Å². The molecule has 0 fully saturated rings. The molecule has 2 unspecified atom stereocenters. The van der Waals surface area contributed by atoms with Crippen LogP contribution < -0.4 is 0 Å². The average molecular weight is 184 g/mol. The first kappa shape index (κ1) is 15.2. The van der Waals surface area contributed by atoms with E-state index < -0.39 is 0 Å². The van der Waals surface area contributed by atoms with Crippen LogP contribution in [0.3, 0.4) is 0 Å². The van der Waals surface area contributed by atoms with Gasteiger partial charge in [0, 0.05) is 0 Å². The van der Waals surface area contributed by atoms with Gasteiger partial charge in [-0.15, -0.1) is 6.58 Å². The third kappa shape index (κ3) is 5.90. The molecule has 0 bridgehead atoms. The van der Waals surface area contributed by atoms with Crippen molar-refractivity contribution >= 4 is 0 Å². The Bertz CT molecular complexity index is 116. The minimum Gasteiger partial charge on any atom is -0.103 e. The van der Waals surface area contributed by atoms with Gasteiger partial charge < -0.3 is 0 Å². The maximum Gasteiger partial charge on any atom is -0.0208 e. The second kappa shape index (κ2) is 7.17. The predicted molar refractivity (Wildman–Crippen MR) is 63.9 cm³/mol. The molecule has 2 atom stereocenters. The average Bonchev–Trinajstić information content (AvgIpc) is 2.08. The van der Waals surface area contributed by atoms with E-state index in [4.69, 9.17) is 0 Å². The van der Waals surface area contributed by atoms with Crippen LogP contribution in [0.2, 0.25) is 0 Å². The molecule has 0 aliphatic rings. The van der Waals surface area contributed by atoms with Crippen molar-refractivity contribution in [3.05, 3.63) is 12.7 Å². The van der Waals surface area contributed by atoms with E-state index in [1.165, 1.54) is 6.42 Å². The van der Waals surface area contributed by atoms with Crippen LogP contribution in [0.4, 0.5) is 0 Å². The first-order valence-corrected chi connectivity index (χ1v) is 5.56. The highest BCUT2D eigenvalue weighted by Gasteiger charge is 2.24. The lowest BCUT2D eigenvalue weighted by molar-refractivity contribution is 0.201. The van der Waals surface area contributed by atoms with Crippen LogP contribution in [0.5, 0.6) is 0 Å². The third-order valence-electron chi connectivity index (χ3n) is 2.78. The van der Waals surface area contributed by atoms with Crippen LogP contribution in [0.1, 0.15) is 54.9 Å². The summed E-state index contributed by atoms with van der Waals surface area (Å²) in [5, 5.41) is 0. The summed E-state index contributed by atoms with van der Waals surface area (Å²) in [4.78, 5) is 0. The lowest BCUT2D eigenvalue weighted by Gasteiger charge is -2.32. The zero-order chi connectivity index (χ0) is 11.1.